The van der Waals surface area contributed by atoms with Crippen LogP contribution in [0.25, 0.3) is 0 Å². The number of Topliss-reactive ketones (excluding diaryl/α,β-unsaturated/α-hetero) is 1. The first kappa shape index (κ1) is 10.4. The number of ketones is 1. The van der Waals surface area contributed by atoms with Crippen LogP contribution in [0.5, 0.6) is 0 Å². The molecule has 0 aromatic carbocycles. The third kappa shape index (κ3) is 2.28. The van der Waals surface area contributed by atoms with Crippen molar-refractivity contribution in [3.05, 3.63) is 35.7 Å². The van der Waals surface area contributed by atoms with E-state index < -0.39 is 0 Å². The van der Waals surface area contributed by atoms with Crippen molar-refractivity contribution in [2.24, 2.45) is 7.05 Å². The summed E-state index contributed by atoms with van der Waals surface area (Å²) in [6.07, 6.45) is 3.50. The minimum absolute atomic E-state index is 0.0778. The van der Waals surface area contributed by atoms with Gasteiger partial charge in [-0.25, -0.2) is 9.97 Å². The average molecular weight is 217 g/mol. The Morgan fingerprint density at radius 1 is 1.50 bits per heavy atom. The highest BCUT2D eigenvalue weighted by atomic mass is 16.1. The van der Waals surface area contributed by atoms with Gasteiger partial charge in [0.2, 0.25) is 0 Å². The van der Waals surface area contributed by atoms with Crippen molar-refractivity contribution >= 4 is 5.78 Å². The van der Waals surface area contributed by atoms with Crippen LogP contribution in [0.15, 0.2) is 18.5 Å². The standard InChI is InChI=1S/C10H11N5O/c1-7-11-4-3-9(12-7)10(16)5-8-6-15(2)14-13-8/h3-4,6H,5H2,1-2H3. The molecular formula is C10H11N5O. The molecule has 2 aromatic heterocycles. The fourth-order valence-electron chi connectivity index (χ4n) is 1.34. The van der Waals surface area contributed by atoms with E-state index in [2.05, 4.69) is 20.3 Å². The summed E-state index contributed by atoms with van der Waals surface area (Å²) in [7, 11) is 1.76. The molecule has 2 heterocycles. The van der Waals surface area contributed by atoms with Gasteiger partial charge in [-0.05, 0) is 13.0 Å². The van der Waals surface area contributed by atoms with E-state index in [1.54, 1.807) is 37.1 Å². The first-order valence-electron chi connectivity index (χ1n) is 4.83. The Morgan fingerprint density at radius 2 is 2.31 bits per heavy atom. The summed E-state index contributed by atoms with van der Waals surface area (Å²) >= 11 is 0. The molecule has 0 radical (unpaired) electrons. The van der Waals surface area contributed by atoms with Crippen molar-refractivity contribution in [2.75, 3.05) is 0 Å². The molecule has 6 nitrogen and oxygen atoms in total. The molecule has 6 heteroatoms. The monoisotopic (exact) mass is 217 g/mol. The summed E-state index contributed by atoms with van der Waals surface area (Å²) < 4.78 is 1.56. The summed E-state index contributed by atoms with van der Waals surface area (Å²) in [6, 6.07) is 1.60. The van der Waals surface area contributed by atoms with E-state index in [0.717, 1.165) is 0 Å². The number of hydrogen-bond acceptors (Lipinski definition) is 5. The third-order valence-electron chi connectivity index (χ3n) is 2.05. The Balaban J connectivity index is 2.14. The maximum atomic E-state index is 11.8. The van der Waals surface area contributed by atoms with Crippen molar-refractivity contribution in [3.63, 3.8) is 0 Å². The molecule has 0 aliphatic heterocycles. The Morgan fingerprint density at radius 3 is 2.94 bits per heavy atom. The molecule has 0 N–H and O–H groups in total. The van der Waals surface area contributed by atoms with Gasteiger partial charge in [0.25, 0.3) is 0 Å². The molecule has 0 saturated carbocycles. The third-order valence-corrected chi connectivity index (χ3v) is 2.05. The summed E-state index contributed by atoms with van der Waals surface area (Å²) in [5.41, 5.74) is 1.06. The highest BCUT2D eigenvalue weighted by molar-refractivity contribution is 5.95. The molecule has 2 rings (SSSR count). The van der Waals surface area contributed by atoms with Gasteiger partial charge in [0, 0.05) is 19.4 Å². The smallest absolute Gasteiger partial charge is 0.187 e. The molecule has 0 atom stereocenters. The molecule has 0 saturated heterocycles. The van der Waals surface area contributed by atoms with Gasteiger partial charge in [0.15, 0.2) is 5.78 Å². The number of aryl methyl sites for hydroxylation is 2. The van der Waals surface area contributed by atoms with E-state index in [1.165, 1.54) is 0 Å². The molecule has 0 fully saturated rings. The van der Waals surface area contributed by atoms with Crippen LogP contribution in [0.2, 0.25) is 0 Å². The molecule has 0 amide bonds. The summed E-state index contributed by atoms with van der Waals surface area (Å²) in [6.45, 7) is 1.75. The number of nitrogens with zero attached hydrogens (tertiary/aromatic N) is 5. The van der Waals surface area contributed by atoms with E-state index in [0.29, 0.717) is 17.2 Å². The lowest BCUT2D eigenvalue weighted by atomic mass is 10.2. The zero-order chi connectivity index (χ0) is 11.5. The number of hydrogen-bond donors (Lipinski definition) is 0. The van der Waals surface area contributed by atoms with Crippen molar-refractivity contribution in [1.82, 2.24) is 25.0 Å². The fraction of sp³-hybridized carbons (Fsp3) is 0.300. The van der Waals surface area contributed by atoms with Crippen LogP contribution in [0.1, 0.15) is 22.0 Å². The quantitative estimate of drug-likeness (QED) is 0.693. The predicted octanol–water partition coefficient (Wildman–Crippen LogP) is 0.339. The fourth-order valence-corrected chi connectivity index (χ4v) is 1.34. The maximum absolute atomic E-state index is 11.8. The number of carbonyl (C=O) groups excluding carboxylic acids is 1. The highest BCUT2D eigenvalue weighted by Crippen LogP contribution is 2.02. The predicted molar refractivity (Wildman–Crippen MR) is 55.8 cm³/mol. The van der Waals surface area contributed by atoms with Gasteiger partial charge < -0.3 is 0 Å². The molecule has 0 bridgehead atoms. The molecule has 82 valence electrons. The van der Waals surface area contributed by atoms with Gasteiger partial charge in [-0.2, -0.15) is 0 Å². The maximum Gasteiger partial charge on any atom is 0.187 e. The van der Waals surface area contributed by atoms with Crippen molar-refractivity contribution in [2.45, 2.75) is 13.3 Å². The van der Waals surface area contributed by atoms with Crippen LogP contribution in [0, 0.1) is 6.92 Å². The number of rotatable bonds is 3. The van der Waals surface area contributed by atoms with E-state index in [-0.39, 0.29) is 12.2 Å². The van der Waals surface area contributed by atoms with E-state index in [4.69, 9.17) is 0 Å². The lowest BCUT2D eigenvalue weighted by molar-refractivity contribution is 0.0986. The normalized spacial score (nSPS) is 10.4. The van der Waals surface area contributed by atoms with Crippen molar-refractivity contribution in [1.29, 1.82) is 0 Å². The van der Waals surface area contributed by atoms with Crippen LogP contribution >= 0.6 is 0 Å². The van der Waals surface area contributed by atoms with E-state index >= 15 is 0 Å². The molecule has 0 aliphatic rings. The molecule has 0 aliphatic carbocycles. The Kier molecular flexibility index (Phi) is 2.72. The minimum atomic E-state index is -0.0778. The van der Waals surface area contributed by atoms with Gasteiger partial charge in [-0.15, -0.1) is 5.10 Å². The van der Waals surface area contributed by atoms with Gasteiger partial charge in [-0.3, -0.25) is 9.48 Å². The second-order valence-corrected chi connectivity index (χ2v) is 3.47. The van der Waals surface area contributed by atoms with E-state index in [1.807, 2.05) is 0 Å². The SMILES string of the molecule is Cc1nccc(C(=O)Cc2cn(C)nn2)n1. The summed E-state index contributed by atoms with van der Waals surface area (Å²) in [4.78, 5) is 19.8. The van der Waals surface area contributed by atoms with Crippen LogP contribution in [0.4, 0.5) is 0 Å². The first-order valence-corrected chi connectivity index (χ1v) is 4.83. The second-order valence-electron chi connectivity index (χ2n) is 3.47. The van der Waals surface area contributed by atoms with Crippen LogP contribution < -0.4 is 0 Å². The van der Waals surface area contributed by atoms with Gasteiger partial charge in [0.05, 0.1) is 12.1 Å². The first-order chi connectivity index (χ1) is 7.65. The van der Waals surface area contributed by atoms with Crippen molar-refractivity contribution < 1.29 is 4.79 Å². The Labute approximate surface area is 92.3 Å². The summed E-state index contributed by atoms with van der Waals surface area (Å²) in [5, 5.41) is 7.62. The van der Waals surface area contributed by atoms with Gasteiger partial charge >= 0.3 is 0 Å². The molecule has 16 heavy (non-hydrogen) atoms. The Hall–Kier alpha value is -2.11. The van der Waals surface area contributed by atoms with Crippen LogP contribution in [-0.2, 0) is 13.5 Å². The van der Waals surface area contributed by atoms with E-state index in [9.17, 15) is 4.79 Å². The summed E-state index contributed by atoms with van der Waals surface area (Å²) in [5.74, 6) is 0.510. The van der Waals surface area contributed by atoms with Crippen molar-refractivity contribution in [3.8, 4) is 0 Å². The van der Waals surface area contributed by atoms with Crippen LogP contribution in [-0.4, -0.2) is 30.7 Å². The lowest BCUT2D eigenvalue weighted by Gasteiger charge is -1.97. The zero-order valence-electron chi connectivity index (χ0n) is 9.08. The minimum Gasteiger partial charge on any atom is -0.292 e. The average Bonchev–Trinajstić information content (AvgIpc) is 2.64. The zero-order valence-corrected chi connectivity index (χ0v) is 9.08. The van der Waals surface area contributed by atoms with Gasteiger partial charge in [-0.1, -0.05) is 5.21 Å². The van der Waals surface area contributed by atoms with Gasteiger partial charge in [0.1, 0.15) is 11.5 Å². The topological polar surface area (TPSA) is 73.6 Å². The van der Waals surface area contributed by atoms with Crippen LogP contribution in [0.3, 0.4) is 0 Å². The highest BCUT2D eigenvalue weighted by Gasteiger charge is 2.11. The molecule has 0 spiro atoms. The lowest BCUT2D eigenvalue weighted by Crippen LogP contribution is -2.07. The Bertz CT molecular complexity index is 519. The molecule has 2 aromatic rings. The molecular weight excluding hydrogens is 206 g/mol. The molecule has 0 unspecified atom stereocenters. The largest absolute Gasteiger partial charge is 0.292 e. The number of carbonyl (C=O) groups is 1. The number of aromatic nitrogens is 5. The second kappa shape index (κ2) is 4.18.